The number of hydrogen-bond donors (Lipinski definition) is 2. The maximum Gasteiger partial charge on any atom is 0.191 e. The number of nitrogens with one attached hydrogen (secondary N) is 2. The van der Waals surface area contributed by atoms with Gasteiger partial charge in [-0.15, -0.1) is 24.0 Å². The Bertz CT molecular complexity index is 648. The summed E-state index contributed by atoms with van der Waals surface area (Å²) in [6.45, 7) is 3.92. The summed E-state index contributed by atoms with van der Waals surface area (Å²) in [5.74, 6) is 2.57. The highest BCUT2D eigenvalue weighted by Crippen LogP contribution is 2.33. The van der Waals surface area contributed by atoms with Crippen LogP contribution in [0.4, 0.5) is 0 Å². The van der Waals surface area contributed by atoms with Crippen molar-refractivity contribution in [3.8, 4) is 11.5 Å². The molecule has 28 heavy (non-hydrogen) atoms. The van der Waals surface area contributed by atoms with Crippen LogP contribution in [0.2, 0.25) is 0 Å². The lowest BCUT2D eigenvalue weighted by molar-refractivity contribution is 0.256. The normalized spacial score (nSPS) is 18.0. The molecule has 1 fully saturated rings. The summed E-state index contributed by atoms with van der Waals surface area (Å²) in [5.41, 5.74) is 2.70. The minimum Gasteiger partial charge on any atom is -0.493 e. The lowest BCUT2D eigenvalue weighted by Gasteiger charge is -2.30. The zero-order valence-electron chi connectivity index (χ0n) is 17.4. The van der Waals surface area contributed by atoms with Gasteiger partial charge in [-0.05, 0) is 42.5 Å². The van der Waals surface area contributed by atoms with Crippen LogP contribution < -0.4 is 20.1 Å². The van der Waals surface area contributed by atoms with Crippen molar-refractivity contribution in [3.05, 3.63) is 23.3 Å². The highest BCUT2D eigenvalue weighted by atomic mass is 127. The van der Waals surface area contributed by atoms with Gasteiger partial charge in [-0.2, -0.15) is 0 Å². The van der Waals surface area contributed by atoms with Crippen molar-refractivity contribution in [1.82, 2.24) is 15.5 Å². The zero-order valence-corrected chi connectivity index (χ0v) is 19.8. The predicted octanol–water partition coefficient (Wildman–Crippen LogP) is 3.18. The number of benzene rings is 1. The molecular weight excluding hydrogens is 467 g/mol. The third-order valence-electron chi connectivity index (χ3n) is 5.69. The van der Waals surface area contributed by atoms with Crippen LogP contribution in [-0.2, 0) is 13.0 Å². The number of halogens is 1. The Morgan fingerprint density at radius 3 is 2.43 bits per heavy atom. The number of fused-ring (bicyclic) bond motifs is 1. The molecule has 1 heterocycles. The van der Waals surface area contributed by atoms with Crippen molar-refractivity contribution in [2.24, 2.45) is 4.99 Å². The number of rotatable bonds is 6. The van der Waals surface area contributed by atoms with Crippen molar-refractivity contribution in [3.63, 3.8) is 0 Å². The largest absolute Gasteiger partial charge is 0.493 e. The van der Waals surface area contributed by atoms with E-state index in [0.29, 0.717) is 6.04 Å². The molecule has 0 atom stereocenters. The fraction of sp³-hybridized carbons (Fsp3) is 0.667. The van der Waals surface area contributed by atoms with Crippen LogP contribution in [0.3, 0.4) is 0 Å². The van der Waals surface area contributed by atoms with E-state index in [1.54, 1.807) is 14.2 Å². The molecule has 0 spiro atoms. The minimum absolute atomic E-state index is 0. The van der Waals surface area contributed by atoms with Gasteiger partial charge in [0.05, 0.1) is 14.2 Å². The molecule has 0 radical (unpaired) electrons. The average Bonchev–Trinajstić information content (AvgIpc) is 2.72. The van der Waals surface area contributed by atoms with Crippen LogP contribution in [0.5, 0.6) is 11.5 Å². The van der Waals surface area contributed by atoms with Gasteiger partial charge >= 0.3 is 0 Å². The fourth-order valence-corrected chi connectivity index (χ4v) is 4.10. The summed E-state index contributed by atoms with van der Waals surface area (Å²) in [7, 11) is 5.24. The first-order valence-corrected chi connectivity index (χ1v) is 10.2. The molecule has 1 aliphatic heterocycles. The molecule has 1 aromatic carbocycles. The third-order valence-corrected chi connectivity index (χ3v) is 5.69. The minimum atomic E-state index is 0. The summed E-state index contributed by atoms with van der Waals surface area (Å²) < 4.78 is 10.9. The van der Waals surface area contributed by atoms with Gasteiger partial charge in [0.1, 0.15) is 0 Å². The van der Waals surface area contributed by atoms with E-state index in [1.165, 1.54) is 43.2 Å². The molecule has 3 rings (SSSR count). The second kappa shape index (κ2) is 11.7. The lowest BCUT2D eigenvalue weighted by atomic mass is 9.96. The van der Waals surface area contributed by atoms with Crippen molar-refractivity contribution >= 4 is 29.9 Å². The Morgan fingerprint density at radius 2 is 1.79 bits per heavy atom. The molecule has 0 bridgehead atoms. The molecule has 2 N–H and O–H groups in total. The van der Waals surface area contributed by atoms with Gasteiger partial charge in [0.15, 0.2) is 17.5 Å². The summed E-state index contributed by atoms with van der Waals surface area (Å²) >= 11 is 0. The first-order chi connectivity index (χ1) is 13.2. The van der Waals surface area contributed by atoms with Gasteiger partial charge in [0, 0.05) is 39.3 Å². The Morgan fingerprint density at radius 1 is 1.11 bits per heavy atom. The van der Waals surface area contributed by atoms with Gasteiger partial charge in [0.25, 0.3) is 0 Å². The number of hydrogen-bond acceptors (Lipinski definition) is 4. The summed E-state index contributed by atoms with van der Waals surface area (Å²) in [6, 6.07) is 4.83. The number of nitrogens with zero attached hydrogens (tertiary/aromatic N) is 2. The predicted molar refractivity (Wildman–Crippen MR) is 125 cm³/mol. The summed E-state index contributed by atoms with van der Waals surface area (Å²) in [5, 5.41) is 7.06. The van der Waals surface area contributed by atoms with E-state index in [2.05, 4.69) is 32.7 Å². The van der Waals surface area contributed by atoms with Gasteiger partial charge in [-0.1, -0.05) is 19.3 Å². The number of methoxy groups -OCH3 is 2. The van der Waals surface area contributed by atoms with E-state index in [4.69, 9.17) is 9.47 Å². The Balaban J connectivity index is 0.00000280. The van der Waals surface area contributed by atoms with E-state index in [-0.39, 0.29) is 24.0 Å². The van der Waals surface area contributed by atoms with Gasteiger partial charge in [-0.25, -0.2) is 0 Å². The Hall–Kier alpha value is -1.22. The van der Waals surface area contributed by atoms with E-state index < -0.39 is 0 Å². The molecule has 7 heteroatoms. The van der Waals surface area contributed by atoms with E-state index in [1.807, 2.05) is 7.05 Å². The van der Waals surface area contributed by atoms with Crippen LogP contribution in [0.1, 0.15) is 43.2 Å². The summed E-state index contributed by atoms with van der Waals surface area (Å²) in [6.07, 6.45) is 7.60. The number of aliphatic imine (C=N–C) groups is 1. The molecule has 0 aromatic heterocycles. The average molecular weight is 502 g/mol. The number of ether oxygens (including phenoxy) is 2. The first kappa shape index (κ1) is 23.1. The second-order valence-corrected chi connectivity index (χ2v) is 7.48. The maximum absolute atomic E-state index is 5.46. The zero-order chi connectivity index (χ0) is 19.1. The molecule has 1 aromatic rings. The van der Waals surface area contributed by atoms with Crippen LogP contribution in [0.15, 0.2) is 17.1 Å². The molecule has 158 valence electrons. The highest BCUT2D eigenvalue weighted by molar-refractivity contribution is 14.0. The SMILES string of the molecule is CN=C(NCCN1CCc2cc(OC)c(OC)cc2C1)NC1CCCCC1.I. The van der Waals surface area contributed by atoms with E-state index in [0.717, 1.165) is 50.1 Å². The molecule has 1 aliphatic carbocycles. The highest BCUT2D eigenvalue weighted by Gasteiger charge is 2.19. The Labute approximate surface area is 186 Å². The molecule has 0 saturated heterocycles. The topological polar surface area (TPSA) is 58.1 Å². The monoisotopic (exact) mass is 502 g/mol. The smallest absolute Gasteiger partial charge is 0.191 e. The Kier molecular flexibility index (Phi) is 9.64. The second-order valence-electron chi connectivity index (χ2n) is 7.48. The van der Waals surface area contributed by atoms with Crippen LogP contribution in [0, 0.1) is 0 Å². The van der Waals surface area contributed by atoms with Gasteiger partial charge in [-0.3, -0.25) is 9.89 Å². The first-order valence-electron chi connectivity index (χ1n) is 10.2. The van der Waals surface area contributed by atoms with E-state index >= 15 is 0 Å². The standard InChI is InChI=1S/C21H34N4O2.HI/c1-22-21(24-18-7-5-4-6-8-18)23-10-12-25-11-9-16-13-19(26-2)20(27-3)14-17(16)15-25;/h13-14,18H,4-12,15H2,1-3H3,(H2,22,23,24);1H. The molecule has 2 aliphatic rings. The van der Waals surface area contributed by atoms with Gasteiger partial charge < -0.3 is 20.1 Å². The van der Waals surface area contributed by atoms with Crippen molar-refractivity contribution in [1.29, 1.82) is 0 Å². The molecule has 0 unspecified atom stereocenters. The van der Waals surface area contributed by atoms with Gasteiger partial charge in [0.2, 0.25) is 0 Å². The summed E-state index contributed by atoms with van der Waals surface area (Å²) in [4.78, 5) is 6.87. The maximum atomic E-state index is 5.46. The van der Waals surface area contributed by atoms with E-state index in [9.17, 15) is 0 Å². The van der Waals surface area contributed by atoms with Crippen molar-refractivity contribution in [2.75, 3.05) is 40.9 Å². The van der Waals surface area contributed by atoms with Crippen molar-refractivity contribution in [2.45, 2.75) is 51.1 Å². The third kappa shape index (κ3) is 6.14. The molecule has 0 amide bonds. The molecule has 1 saturated carbocycles. The molecule has 6 nitrogen and oxygen atoms in total. The fourth-order valence-electron chi connectivity index (χ4n) is 4.10. The van der Waals surface area contributed by atoms with Crippen LogP contribution >= 0.6 is 24.0 Å². The van der Waals surface area contributed by atoms with Crippen LogP contribution in [0.25, 0.3) is 0 Å². The lowest BCUT2D eigenvalue weighted by Crippen LogP contribution is -2.46. The van der Waals surface area contributed by atoms with Crippen molar-refractivity contribution < 1.29 is 9.47 Å². The number of guanidine groups is 1. The molecular formula is C21H35IN4O2. The van der Waals surface area contributed by atoms with Crippen LogP contribution in [-0.4, -0.2) is 57.8 Å². The quantitative estimate of drug-likeness (QED) is 0.356.